The van der Waals surface area contributed by atoms with E-state index in [9.17, 15) is 4.79 Å². The van der Waals surface area contributed by atoms with Crippen LogP contribution in [0.15, 0.2) is 47.6 Å². The summed E-state index contributed by atoms with van der Waals surface area (Å²) in [5.41, 5.74) is 3.62. The summed E-state index contributed by atoms with van der Waals surface area (Å²) in [4.78, 5) is 11.8. The molecule has 7 heteroatoms. The molecule has 2 aromatic rings. The van der Waals surface area contributed by atoms with Crippen molar-refractivity contribution in [3.8, 4) is 11.5 Å². The van der Waals surface area contributed by atoms with Crippen molar-refractivity contribution in [1.82, 2.24) is 5.43 Å². The Labute approximate surface area is 139 Å². The number of carbonyl (C=O) groups excluding carboxylic acids is 1. The molecule has 0 aliphatic heterocycles. The number of urea groups is 1. The van der Waals surface area contributed by atoms with Crippen molar-refractivity contribution < 1.29 is 14.3 Å². The summed E-state index contributed by atoms with van der Waals surface area (Å²) in [6.45, 7) is 0. The van der Waals surface area contributed by atoms with Crippen LogP contribution in [0.1, 0.15) is 5.56 Å². The summed E-state index contributed by atoms with van der Waals surface area (Å²) < 4.78 is 10.4. The van der Waals surface area contributed by atoms with Crippen molar-refractivity contribution in [2.24, 2.45) is 5.10 Å². The molecular weight excluding hydrogens is 318 g/mol. The summed E-state index contributed by atoms with van der Waals surface area (Å²) in [6.07, 6.45) is 1.47. The van der Waals surface area contributed by atoms with Gasteiger partial charge >= 0.3 is 6.03 Å². The van der Waals surface area contributed by atoms with Gasteiger partial charge in [0.1, 0.15) is 11.5 Å². The predicted molar refractivity (Wildman–Crippen MR) is 90.7 cm³/mol. The van der Waals surface area contributed by atoms with Crippen LogP contribution >= 0.6 is 11.6 Å². The first kappa shape index (κ1) is 16.6. The van der Waals surface area contributed by atoms with Gasteiger partial charge in [-0.1, -0.05) is 17.7 Å². The molecule has 2 rings (SSSR count). The first-order valence-corrected chi connectivity index (χ1v) is 7.08. The molecule has 0 heterocycles. The summed E-state index contributed by atoms with van der Waals surface area (Å²) in [5, 5.41) is 7.04. The van der Waals surface area contributed by atoms with E-state index in [0.717, 1.165) is 0 Å². The summed E-state index contributed by atoms with van der Waals surface area (Å²) >= 11 is 5.85. The van der Waals surface area contributed by atoms with Crippen LogP contribution in [0.5, 0.6) is 11.5 Å². The van der Waals surface area contributed by atoms with Crippen LogP contribution in [-0.2, 0) is 0 Å². The maximum atomic E-state index is 11.8. The average molecular weight is 334 g/mol. The SMILES string of the molecule is COc1ccc(OC)c(/C=N\NC(=O)Nc2cccc(Cl)c2)c1. The van der Waals surface area contributed by atoms with Crippen LogP contribution in [0, 0.1) is 0 Å². The van der Waals surface area contributed by atoms with E-state index in [0.29, 0.717) is 27.8 Å². The Morgan fingerprint density at radius 1 is 1.17 bits per heavy atom. The minimum Gasteiger partial charge on any atom is -0.497 e. The third kappa shape index (κ3) is 4.89. The van der Waals surface area contributed by atoms with E-state index in [1.165, 1.54) is 6.21 Å². The molecule has 2 amide bonds. The zero-order valence-electron chi connectivity index (χ0n) is 12.7. The molecule has 0 saturated carbocycles. The second-order valence-corrected chi connectivity index (χ2v) is 4.88. The van der Waals surface area contributed by atoms with Gasteiger partial charge in [0.15, 0.2) is 0 Å². The minimum absolute atomic E-state index is 0.481. The fourth-order valence-electron chi connectivity index (χ4n) is 1.83. The first-order valence-electron chi connectivity index (χ1n) is 6.70. The molecule has 0 spiro atoms. The smallest absolute Gasteiger partial charge is 0.339 e. The molecule has 0 atom stereocenters. The van der Waals surface area contributed by atoms with Crippen LogP contribution < -0.4 is 20.2 Å². The number of hydrogen-bond acceptors (Lipinski definition) is 4. The molecule has 0 aliphatic rings. The van der Waals surface area contributed by atoms with Crippen LogP contribution in [-0.4, -0.2) is 26.5 Å². The highest BCUT2D eigenvalue weighted by molar-refractivity contribution is 6.30. The molecule has 0 bridgehead atoms. The standard InChI is InChI=1S/C16H16ClN3O3/c1-22-14-6-7-15(23-2)11(8-14)10-18-20-16(21)19-13-5-3-4-12(17)9-13/h3-10H,1-2H3,(H2,19,20,21)/b18-10-. The van der Waals surface area contributed by atoms with Crippen molar-refractivity contribution in [2.75, 3.05) is 19.5 Å². The van der Waals surface area contributed by atoms with Crippen molar-refractivity contribution in [2.45, 2.75) is 0 Å². The quantitative estimate of drug-likeness (QED) is 0.649. The number of rotatable bonds is 5. The van der Waals surface area contributed by atoms with Gasteiger partial charge in [0.2, 0.25) is 0 Å². The lowest BCUT2D eigenvalue weighted by atomic mass is 10.2. The molecule has 23 heavy (non-hydrogen) atoms. The Morgan fingerprint density at radius 2 is 2.00 bits per heavy atom. The number of methoxy groups -OCH3 is 2. The monoisotopic (exact) mass is 333 g/mol. The molecule has 120 valence electrons. The number of hydrazone groups is 1. The van der Waals surface area contributed by atoms with Gasteiger partial charge in [-0.25, -0.2) is 10.2 Å². The third-order valence-corrected chi connectivity index (χ3v) is 3.12. The Bertz CT molecular complexity index is 719. The van der Waals surface area contributed by atoms with E-state index >= 15 is 0 Å². The Balaban J connectivity index is 1.99. The van der Waals surface area contributed by atoms with Crippen molar-refractivity contribution in [3.05, 3.63) is 53.1 Å². The van der Waals surface area contributed by atoms with Crippen molar-refractivity contribution >= 4 is 29.5 Å². The minimum atomic E-state index is -0.481. The summed E-state index contributed by atoms with van der Waals surface area (Å²) in [6, 6.07) is 11.6. The normalized spacial score (nSPS) is 10.4. The Morgan fingerprint density at radius 3 is 2.70 bits per heavy atom. The maximum Gasteiger partial charge on any atom is 0.339 e. The third-order valence-electron chi connectivity index (χ3n) is 2.89. The van der Waals surface area contributed by atoms with E-state index in [-0.39, 0.29) is 0 Å². The Kier molecular flexibility index (Phi) is 5.82. The topological polar surface area (TPSA) is 72.0 Å². The second-order valence-electron chi connectivity index (χ2n) is 4.44. The lowest BCUT2D eigenvalue weighted by molar-refractivity contribution is 0.252. The fraction of sp³-hybridized carbons (Fsp3) is 0.125. The number of benzene rings is 2. The van der Waals surface area contributed by atoms with Crippen LogP contribution in [0.25, 0.3) is 0 Å². The number of nitrogens with one attached hydrogen (secondary N) is 2. The zero-order chi connectivity index (χ0) is 16.7. The molecule has 0 radical (unpaired) electrons. The van der Waals surface area contributed by atoms with Gasteiger partial charge in [0.25, 0.3) is 0 Å². The van der Waals surface area contributed by atoms with Crippen LogP contribution in [0.2, 0.25) is 5.02 Å². The highest BCUT2D eigenvalue weighted by Gasteiger charge is 2.04. The molecule has 0 aliphatic carbocycles. The van der Waals surface area contributed by atoms with Gasteiger partial charge < -0.3 is 14.8 Å². The first-order chi connectivity index (χ1) is 11.1. The van der Waals surface area contributed by atoms with Crippen molar-refractivity contribution in [3.63, 3.8) is 0 Å². The molecular formula is C16H16ClN3O3. The molecule has 2 N–H and O–H groups in total. The lowest BCUT2D eigenvalue weighted by Crippen LogP contribution is -2.24. The van der Waals surface area contributed by atoms with E-state index in [2.05, 4.69) is 15.8 Å². The van der Waals surface area contributed by atoms with Gasteiger partial charge in [0.05, 0.1) is 20.4 Å². The number of ether oxygens (including phenoxy) is 2. The summed E-state index contributed by atoms with van der Waals surface area (Å²) in [7, 11) is 3.12. The number of carbonyl (C=O) groups is 1. The predicted octanol–water partition coefficient (Wildman–Crippen LogP) is 3.51. The number of hydrogen-bond donors (Lipinski definition) is 2. The van der Waals surface area contributed by atoms with E-state index in [4.69, 9.17) is 21.1 Å². The zero-order valence-corrected chi connectivity index (χ0v) is 13.4. The largest absolute Gasteiger partial charge is 0.497 e. The maximum absolute atomic E-state index is 11.8. The number of amides is 2. The summed E-state index contributed by atoms with van der Waals surface area (Å²) in [5.74, 6) is 1.28. The van der Waals surface area contributed by atoms with E-state index < -0.39 is 6.03 Å². The molecule has 0 fully saturated rings. The van der Waals surface area contributed by atoms with Crippen LogP contribution in [0.4, 0.5) is 10.5 Å². The highest BCUT2D eigenvalue weighted by Crippen LogP contribution is 2.22. The Hall–Kier alpha value is -2.73. The number of halogens is 1. The number of anilines is 1. The molecule has 0 saturated heterocycles. The second kappa shape index (κ2) is 8.05. The molecule has 2 aromatic carbocycles. The van der Waals surface area contributed by atoms with Crippen molar-refractivity contribution in [1.29, 1.82) is 0 Å². The number of nitrogens with zero attached hydrogens (tertiary/aromatic N) is 1. The molecule has 6 nitrogen and oxygen atoms in total. The van der Waals surface area contributed by atoms with Gasteiger partial charge in [-0.2, -0.15) is 5.10 Å². The van der Waals surface area contributed by atoms with E-state index in [1.807, 2.05) is 0 Å². The lowest BCUT2D eigenvalue weighted by Gasteiger charge is -2.07. The van der Waals surface area contributed by atoms with Gasteiger partial charge in [-0.3, -0.25) is 0 Å². The van der Waals surface area contributed by atoms with Crippen LogP contribution in [0.3, 0.4) is 0 Å². The average Bonchev–Trinajstić information content (AvgIpc) is 2.54. The van der Waals surface area contributed by atoms with Gasteiger partial charge in [-0.05, 0) is 36.4 Å². The molecule has 0 unspecified atom stereocenters. The van der Waals surface area contributed by atoms with E-state index in [1.54, 1.807) is 56.7 Å². The highest BCUT2D eigenvalue weighted by atomic mass is 35.5. The van der Waals surface area contributed by atoms with Gasteiger partial charge in [0, 0.05) is 16.3 Å². The molecule has 0 aromatic heterocycles. The fourth-order valence-corrected chi connectivity index (χ4v) is 2.02. The van der Waals surface area contributed by atoms with Gasteiger partial charge in [-0.15, -0.1) is 0 Å².